The molecule has 0 unspecified atom stereocenters. The number of phenols is 1. The summed E-state index contributed by atoms with van der Waals surface area (Å²) in [7, 11) is 0. The maximum absolute atomic E-state index is 11.5. The molecule has 0 aliphatic heterocycles. The Labute approximate surface area is 94.9 Å². The van der Waals surface area contributed by atoms with Gasteiger partial charge in [-0.25, -0.2) is 0 Å². The second-order valence-electron chi connectivity index (χ2n) is 3.70. The van der Waals surface area contributed by atoms with Crippen molar-refractivity contribution in [2.75, 3.05) is 6.61 Å². The predicted molar refractivity (Wildman–Crippen MR) is 61.1 cm³/mol. The van der Waals surface area contributed by atoms with Crippen molar-refractivity contribution in [1.82, 2.24) is 5.32 Å². The third-order valence-electron chi connectivity index (χ3n) is 2.38. The van der Waals surface area contributed by atoms with Crippen LogP contribution in [0, 0.1) is 0 Å². The molecule has 0 aromatic heterocycles. The molecule has 1 aromatic carbocycles. The van der Waals surface area contributed by atoms with Gasteiger partial charge in [0.25, 0.3) is 0 Å². The van der Waals surface area contributed by atoms with E-state index < -0.39 is 0 Å². The predicted octanol–water partition coefficient (Wildman–Crippen LogP) is 0.822. The lowest BCUT2D eigenvalue weighted by Gasteiger charge is -2.13. The zero-order valence-electron chi connectivity index (χ0n) is 9.31. The number of rotatable bonds is 5. The largest absolute Gasteiger partial charge is 0.508 e. The van der Waals surface area contributed by atoms with E-state index in [4.69, 9.17) is 10.2 Å². The number of carbonyl (C=O) groups excluding carboxylic acids is 1. The summed E-state index contributed by atoms with van der Waals surface area (Å²) in [5, 5.41) is 20.7. The second kappa shape index (κ2) is 6.12. The van der Waals surface area contributed by atoms with Crippen molar-refractivity contribution in [2.24, 2.45) is 0 Å². The molecule has 0 fully saturated rings. The molecule has 4 heteroatoms. The van der Waals surface area contributed by atoms with Gasteiger partial charge in [-0.2, -0.15) is 0 Å². The van der Waals surface area contributed by atoms with E-state index in [9.17, 15) is 4.79 Å². The summed E-state index contributed by atoms with van der Waals surface area (Å²) in [5.41, 5.74) is 0.836. The SMILES string of the molecule is CC[C@H](CO)NC(=O)Cc1ccc(O)cc1. The molecular formula is C12H17NO3. The fourth-order valence-corrected chi connectivity index (χ4v) is 1.35. The average Bonchev–Trinajstić information content (AvgIpc) is 2.29. The quantitative estimate of drug-likeness (QED) is 0.692. The molecule has 1 rings (SSSR count). The van der Waals surface area contributed by atoms with Gasteiger partial charge in [-0.3, -0.25) is 4.79 Å². The summed E-state index contributed by atoms with van der Waals surface area (Å²) < 4.78 is 0. The van der Waals surface area contributed by atoms with Crippen LogP contribution in [0.15, 0.2) is 24.3 Å². The first-order valence-corrected chi connectivity index (χ1v) is 5.33. The summed E-state index contributed by atoms with van der Waals surface area (Å²) in [5.74, 6) is 0.0672. The van der Waals surface area contributed by atoms with Crippen molar-refractivity contribution in [3.05, 3.63) is 29.8 Å². The number of benzene rings is 1. The summed E-state index contributed by atoms with van der Waals surface area (Å²) in [6, 6.07) is 6.33. The van der Waals surface area contributed by atoms with Gasteiger partial charge in [0, 0.05) is 0 Å². The van der Waals surface area contributed by atoms with Crippen molar-refractivity contribution in [3.8, 4) is 5.75 Å². The van der Waals surface area contributed by atoms with E-state index in [0.717, 1.165) is 5.56 Å². The molecule has 0 saturated heterocycles. The van der Waals surface area contributed by atoms with E-state index >= 15 is 0 Å². The Morgan fingerprint density at radius 3 is 2.50 bits per heavy atom. The molecule has 16 heavy (non-hydrogen) atoms. The van der Waals surface area contributed by atoms with Crippen molar-refractivity contribution >= 4 is 5.91 Å². The third-order valence-corrected chi connectivity index (χ3v) is 2.38. The highest BCUT2D eigenvalue weighted by Gasteiger charge is 2.09. The van der Waals surface area contributed by atoms with Crippen LogP contribution in [0.3, 0.4) is 0 Å². The highest BCUT2D eigenvalue weighted by molar-refractivity contribution is 5.78. The number of nitrogens with one attached hydrogen (secondary N) is 1. The summed E-state index contributed by atoms with van der Waals surface area (Å²) in [4.78, 5) is 11.5. The molecule has 0 aliphatic carbocycles. The van der Waals surface area contributed by atoms with Gasteiger partial charge >= 0.3 is 0 Å². The zero-order valence-corrected chi connectivity index (χ0v) is 9.31. The van der Waals surface area contributed by atoms with Crippen molar-refractivity contribution in [2.45, 2.75) is 25.8 Å². The van der Waals surface area contributed by atoms with E-state index in [1.54, 1.807) is 24.3 Å². The Balaban J connectivity index is 2.48. The van der Waals surface area contributed by atoms with Gasteiger partial charge < -0.3 is 15.5 Å². The molecule has 1 aromatic rings. The third kappa shape index (κ3) is 3.90. The lowest BCUT2D eigenvalue weighted by molar-refractivity contribution is -0.121. The Morgan fingerprint density at radius 2 is 2.00 bits per heavy atom. The first-order chi connectivity index (χ1) is 7.65. The number of hydrogen-bond acceptors (Lipinski definition) is 3. The molecule has 0 saturated carbocycles. The molecule has 0 bridgehead atoms. The number of amides is 1. The van der Waals surface area contributed by atoms with Gasteiger partial charge in [0.05, 0.1) is 19.1 Å². The van der Waals surface area contributed by atoms with Crippen molar-refractivity contribution < 1.29 is 15.0 Å². The second-order valence-corrected chi connectivity index (χ2v) is 3.70. The minimum atomic E-state index is -0.176. The van der Waals surface area contributed by atoms with Crippen LogP contribution >= 0.6 is 0 Å². The normalized spacial score (nSPS) is 12.1. The van der Waals surface area contributed by atoms with Crippen LogP contribution < -0.4 is 5.32 Å². The van der Waals surface area contributed by atoms with Gasteiger partial charge in [0.2, 0.25) is 5.91 Å². The smallest absolute Gasteiger partial charge is 0.224 e. The Bertz CT molecular complexity index is 331. The molecular weight excluding hydrogens is 206 g/mol. The van der Waals surface area contributed by atoms with E-state index in [1.807, 2.05) is 6.92 Å². The molecule has 1 atom stereocenters. The van der Waals surface area contributed by atoms with Crippen LogP contribution in [-0.4, -0.2) is 28.8 Å². The van der Waals surface area contributed by atoms with Crippen molar-refractivity contribution in [1.29, 1.82) is 0 Å². The van der Waals surface area contributed by atoms with E-state index in [2.05, 4.69) is 5.32 Å². The van der Waals surface area contributed by atoms with Crippen LogP contribution in [0.25, 0.3) is 0 Å². The molecule has 0 spiro atoms. The van der Waals surface area contributed by atoms with E-state index in [1.165, 1.54) is 0 Å². The lowest BCUT2D eigenvalue weighted by Crippen LogP contribution is -2.37. The number of aliphatic hydroxyl groups is 1. The van der Waals surface area contributed by atoms with Gasteiger partial charge in [-0.05, 0) is 24.1 Å². The molecule has 88 valence electrons. The molecule has 4 nitrogen and oxygen atoms in total. The van der Waals surface area contributed by atoms with Gasteiger partial charge in [0.1, 0.15) is 5.75 Å². The van der Waals surface area contributed by atoms with Crippen LogP contribution in [0.2, 0.25) is 0 Å². The van der Waals surface area contributed by atoms with Gasteiger partial charge in [-0.15, -0.1) is 0 Å². The van der Waals surface area contributed by atoms with Crippen LogP contribution in [0.5, 0.6) is 5.75 Å². The number of phenolic OH excluding ortho intramolecular Hbond substituents is 1. The van der Waals surface area contributed by atoms with Crippen molar-refractivity contribution in [3.63, 3.8) is 0 Å². The number of aromatic hydroxyl groups is 1. The fourth-order valence-electron chi connectivity index (χ4n) is 1.35. The van der Waals surface area contributed by atoms with Crippen LogP contribution in [0.1, 0.15) is 18.9 Å². The van der Waals surface area contributed by atoms with E-state index in [0.29, 0.717) is 6.42 Å². The molecule has 0 aliphatic rings. The first-order valence-electron chi connectivity index (χ1n) is 5.33. The van der Waals surface area contributed by atoms with Gasteiger partial charge in [0.15, 0.2) is 0 Å². The molecule has 1 amide bonds. The number of carbonyl (C=O) groups is 1. The van der Waals surface area contributed by atoms with Crippen LogP contribution in [-0.2, 0) is 11.2 Å². The average molecular weight is 223 g/mol. The highest BCUT2D eigenvalue weighted by Crippen LogP contribution is 2.10. The Morgan fingerprint density at radius 1 is 1.38 bits per heavy atom. The van der Waals surface area contributed by atoms with Crippen LogP contribution in [0.4, 0.5) is 0 Å². The first kappa shape index (κ1) is 12.5. The maximum atomic E-state index is 11.5. The Hall–Kier alpha value is -1.55. The monoisotopic (exact) mass is 223 g/mol. The summed E-state index contributed by atoms with van der Waals surface area (Å²) in [6.45, 7) is 1.86. The minimum absolute atomic E-state index is 0.0438. The maximum Gasteiger partial charge on any atom is 0.224 e. The highest BCUT2D eigenvalue weighted by atomic mass is 16.3. The fraction of sp³-hybridized carbons (Fsp3) is 0.417. The molecule has 3 N–H and O–H groups in total. The number of aliphatic hydroxyl groups excluding tert-OH is 1. The number of hydrogen-bond donors (Lipinski definition) is 3. The minimum Gasteiger partial charge on any atom is -0.508 e. The topological polar surface area (TPSA) is 69.6 Å². The molecule has 0 heterocycles. The van der Waals surface area contributed by atoms with E-state index in [-0.39, 0.29) is 30.7 Å². The zero-order chi connectivity index (χ0) is 12.0. The molecule has 0 radical (unpaired) electrons. The lowest BCUT2D eigenvalue weighted by atomic mass is 10.1. The summed E-state index contributed by atoms with van der Waals surface area (Å²) >= 11 is 0. The Kier molecular flexibility index (Phi) is 4.79. The summed E-state index contributed by atoms with van der Waals surface area (Å²) in [6.07, 6.45) is 0.967. The van der Waals surface area contributed by atoms with Gasteiger partial charge in [-0.1, -0.05) is 19.1 Å². The standard InChI is InChI=1S/C12H17NO3/c1-2-10(8-14)13-12(16)7-9-3-5-11(15)6-4-9/h3-6,10,14-15H,2,7-8H2,1H3,(H,13,16)/t10-/m1/s1.